The van der Waals surface area contributed by atoms with Gasteiger partial charge in [-0.25, -0.2) is 4.79 Å². The molecule has 1 aromatic carbocycles. The largest absolute Gasteiger partial charge is 0.481 e. The number of carboxylic acid groups (broad SMARTS) is 1. The van der Waals surface area contributed by atoms with Crippen LogP contribution in [-0.2, 0) is 16.1 Å². The number of hydrogen-bond donors (Lipinski definition) is 2. The average Bonchev–Trinajstić information content (AvgIpc) is 2.61. The second kappa shape index (κ2) is 8.68. The number of methoxy groups -OCH3 is 1. The van der Waals surface area contributed by atoms with Crippen molar-refractivity contribution >= 4 is 12.0 Å². The molecule has 1 saturated heterocycles. The Labute approximate surface area is 142 Å². The van der Waals surface area contributed by atoms with Gasteiger partial charge in [-0.05, 0) is 31.2 Å². The minimum absolute atomic E-state index is 0.198. The van der Waals surface area contributed by atoms with Crippen LogP contribution in [0.3, 0.4) is 0 Å². The number of urea groups is 1. The number of likely N-dealkylation sites (tertiary alicyclic amines) is 1. The van der Waals surface area contributed by atoms with Gasteiger partial charge in [0.05, 0.1) is 5.41 Å². The lowest BCUT2D eigenvalue weighted by Gasteiger charge is -2.40. The smallest absolute Gasteiger partial charge is 0.317 e. The zero-order valence-electron chi connectivity index (χ0n) is 14.2. The molecule has 1 atom stereocenters. The molecule has 132 valence electrons. The minimum Gasteiger partial charge on any atom is -0.481 e. The number of aliphatic carboxylic acids is 1. The fraction of sp³-hybridized carbons (Fsp3) is 0.556. The molecular formula is C18H26N2O4. The van der Waals surface area contributed by atoms with Gasteiger partial charge in [-0.3, -0.25) is 4.79 Å². The van der Waals surface area contributed by atoms with Gasteiger partial charge in [0.2, 0.25) is 0 Å². The summed E-state index contributed by atoms with van der Waals surface area (Å²) in [6, 6.07) is 9.47. The molecule has 2 amide bonds. The first-order valence-electron chi connectivity index (χ1n) is 8.36. The number of carbonyl (C=O) groups is 2. The Morgan fingerprint density at radius 3 is 2.75 bits per heavy atom. The van der Waals surface area contributed by atoms with Gasteiger partial charge >= 0.3 is 12.0 Å². The molecule has 2 rings (SSSR count). The molecule has 0 aliphatic carbocycles. The van der Waals surface area contributed by atoms with Crippen LogP contribution in [0.5, 0.6) is 0 Å². The van der Waals surface area contributed by atoms with Gasteiger partial charge in [0.15, 0.2) is 0 Å². The van der Waals surface area contributed by atoms with E-state index in [0.29, 0.717) is 45.4 Å². The van der Waals surface area contributed by atoms with E-state index in [2.05, 4.69) is 5.32 Å². The number of carboxylic acids is 1. The average molecular weight is 334 g/mol. The zero-order chi connectivity index (χ0) is 17.4. The van der Waals surface area contributed by atoms with Crippen molar-refractivity contribution < 1.29 is 19.4 Å². The highest BCUT2D eigenvalue weighted by molar-refractivity contribution is 5.78. The maximum absolute atomic E-state index is 12.4. The summed E-state index contributed by atoms with van der Waals surface area (Å²) in [5.74, 6) is -0.820. The maximum Gasteiger partial charge on any atom is 0.317 e. The number of nitrogens with one attached hydrogen (secondary N) is 1. The molecular weight excluding hydrogens is 308 g/mol. The second-order valence-corrected chi connectivity index (χ2v) is 6.35. The van der Waals surface area contributed by atoms with E-state index in [1.54, 1.807) is 12.0 Å². The Morgan fingerprint density at radius 1 is 1.33 bits per heavy atom. The molecule has 6 nitrogen and oxygen atoms in total. The van der Waals surface area contributed by atoms with Crippen LogP contribution in [0.2, 0.25) is 0 Å². The monoisotopic (exact) mass is 334 g/mol. The van der Waals surface area contributed by atoms with Crippen LogP contribution in [0.25, 0.3) is 0 Å². The van der Waals surface area contributed by atoms with Crippen LogP contribution in [0, 0.1) is 5.41 Å². The summed E-state index contributed by atoms with van der Waals surface area (Å²) in [6.45, 7) is 1.84. The maximum atomic E-state index is 12.4. The van der Waals surface area contributed by atoms with Crippen molar-refractivity contribution in [3.8, 4) is 0 Å². The predicted molar refractivity (Wildman–Crippen MR) is 90.7 cm³/mol. The van der Waals surface area contributed by atoms with Gasteiger partial charge in [0.1, 0.15) is 0 Å². The molecule has 0 unspecified atom stereocenters. The number of hydrogen-bond acceptors (Lipinski definition) is 3. The number of benzene rings is 1. The summed E-state index contributed by atoms with van der Waals surface area (Å²) in [5.41, 5.74) is 0.161. The van der Waals surface area contributed by atoms with E-state index in [9.17, 15) is 14.7 Å². The predicted octanol–water partition coefficient (Wildman–Crippen LogP) is 2.49. The van der Waals surface area contributed by atoms with Crippen molar-refractivity contribution in [2.75, 3.05) is 26.8 Å². The number of ether oxygens (including phenoxy) is 1. The van der Waals surface area contributed by atoms with Gasteiger partial charge in [-0.2, -0.15) is 0 Å². The summed E-state index contributed by atoms with van der Waals surface area (Å²) in [6.07, 6.45) is 2.52. The molecule has 1 aromatic rings. The fourth-order valence-electron chi connectivity index (χ4n) is 3.23. The highest BCUT2D eigenvalue weighted by Crippen LogP contribution is 2.35. The summed E-state index contributed by atoms with van der Waals surface area (Å²) in [4.78, 5) is 25.9. The third-order valence-electron chi connectivity index (χ3n) is 4.61. The Balaban J connectivity index is 1.94. The highest BCUT2D eigenvalue weighted by Gasteiger charge is 2.43. The molecule has 0 bridgehead atoms. The summed E-state index contributed by atoms with van der Waals surface area (Å²) < 4.78 is 5.03. The van der Waals surface area contributed by atoms with Gasteiger partial charge in [0, 0.05) is 33.4 Å². The van der Waals surface area contributed by atoms with Gasteiger partial charge in [-0.1, -0.05) is 30.3 Å². The van der Waals surface area contributed by atoms with E-state index in [-0.39, 0.29) is 12.6 Å². The van der Waals surface area contributed by atoms with Crippen molar-refractivity contribution in [3.63, 3.8) is 0 Å². The van der Waals surface area contributed by atoms with E-state index >= 15 is 0 Å². The van der Waals surface area contributed by atoms with Crippen molar-refractivity contribution in [3.05, 3.63) is 35.9 Å². The summed E-state index contributed by atoms with van der Waals surface area (Å²) >= 11 is 0. The van der Waals surface area contributed by atoms with E-state index in [1.807, 2.05) is 30.3 Å². The fourth-order valence-corrected chi connectivity index (χ4v) is 3.23. The van der Waals surface area contributed by atoms with Gasteiger partial charge < -0.3 is 20.1 Å². The van der Waals surface area contributed by atoms with Crippen molar-refractivity contribution in [1.82, 2.24) is 10.2 Å². The SMILES string of the molecule is COCCC[C@@]1(C(=O)O)CCCN(C(=O)NCc2ccccc2)C1. The van der Waals surface area contributed by atoms with Gasteiger partial charge in [0.25, 0.3) is 0 Å². The van der Waals surface area contributed by atoms with E-state index < -0.39 is 11.4 Å². The van der Waals surface area contributed by atoms with Crippen LogP contribution in [0.15, 0.2) is 30.3 Å². The Hall–Kier alpha value is -2.08. The summed E-state index contributed by atoms with van der Waals surface area (Å²) in [7, 11) is 1.61. The quantitative estimate of drug-likeness (QED) is 0.751. The lowest BCUT2D eigenvalue weighted by molar-refractivity contribution is -0.152. The van der Waals surface area contributed by atoms with Gasteiger partial charge in [-0.15, -0.1) is 0 Å². The molecule has 0 aromatic heterocycles. The first-order chi connectivity index (χ1) is 11.6. The van der Waals surface area contributed by atoms with E-state index in [1.165, 1.54) is 0 Å². The van der Waals surface area contributed by atoms with Crippen LogP contribution in [0.1, 0.15) is 31.2 Å². The number of nitrogens with zero attached hydrogens (tertiary/aromatic N) is 1. The normalized spacial score (nSPS) is 20.6. The van der Waals surface area contributed by atoms with Crippen molar-refractivity contribution in [1.29, 1.82) is 0 Å². The van der Waals surface area contributed by atoms with Crippen LogP contribution < -0.4 is 5.32 Å². The lowest BCUT2D eigenvalue weighted by Crippen LogP contribution is -2.52. The van der Waals surface area contributed by atoms with Crippen LogP contribution in [-0.4, -0.2) is 48.8 Å². The molecule has 1 aliphatic rings. The van der Waals surface area contributed by atoms with Crippen LogP contribution in [0.4, 0.5) is 4.79 Å². The first kappa shape index (κ1) is 18.3. The van der Waals surface area contributed by atoms with Crippen LogP contribution >= 0.6 is 0 Å². The Morgan fingerprint density at radius 2 is 2.08 bits per heavy atom. The van der Waals surface area contributed by atoms with E-state index in [0.717, 1.165) is 5.56 Å². The molecule has 0 spiro atoms. The Kier molecular flexibility index (Phi) is 6.61. The second-order valence-electron chi connectivity index (χ2n) is 6.35. The Bertz CT molecular complexity index is 549. The molecule has 0 radical (unpaired) electrons. The third-order valence-corrected chi connectivity index (χ3v) is 4.61. The molecule has 2 N–H and O–H groups in total. The zero-order valence-corrected chi connectivity index (χ0v) is 14.2. The third kappa shape index (κ3) is 4.71. The first-order valence-corrected chi connectivity index (χ1v) is 8.36. The minimum atomic E-state index is -0.860. The van der Waals surface area contributed by atoms with E-state index in [4.69, 9.17) is 4.74 Å². The number of amides is 2. The topological polar surface area (TPSA) is 78.9 Å². The number of piperidine rings is 1. The summed E-state index contributed by atoms with van der Waals surface area (Å²) in [5, 5.41) is 12.6. The molecule has 1 heterocycles. The highest BCUT2D eigenvalue weighted by atomic mass is 16.5. The molecule has 0 saturated carbocycles. The molecule has 24 heavy (non-hydrogen) atoms. The standard InChI is InChI=1S/C18H26N2O4/c1-24-12-6-10-18(16(21)22)9-5-11-20(14-18)17(23)19-13-15-7-3-2-4-8-15/h2-4,7-8H,5-6,9-14H2,1H3,(H,19,23)(H,21,22)/t18-/m0/s1. The molecule has 6 heteroatoms. The van der Waals surface area contributed by atoms with Crippen molar-refractivity contribution in [2.45, 2.75) is 32.2 Å². The number of carbonyl (C=O) groups excluding carboxylic acids is 1. The number of rotatable bonds is 7. The lowest BCUT2D eigenvalue weighted by atomic mass is 9.76. The molecule has 1 aliphatic heterocycles. The van der Waals surface area contributed by atoms with Crippen molar-refractivity contribution in [2.24, 2.45) is 5.41 Å². The molecule has 1 fully saturated rings.